The molecule has 0 heterocycles. The molecular formula is C13H20N2OS. The van der Waals surface area contributed by atoms with Crippen LogP contribution in [0, 0.1) is 6.92 Å². The molecule has 1 unspecified atom stereocenters. The topological polar surface area (TPSA) is 46.3 Å². The molecule has 1 aromatic carbocycles. The van der Waals surface area contributed by atoms with Gasteiger partial charge in [0.1, 0.15) is 0 Å². The summed E-state index contributed by atoms with van der Waals surface area (Å²) in [6, 6.07) is 5.75. The zero-order valence-electron chi connectivity index (χ0n) is 10.9. The lowest BCUT2D eigenvalue weighted by Gasteiger charge is -2.25. The van der Waals surface area contributed by atoms with Crippen LogP contribution >= 0.6 is 11.8 Å². The molecule has 0 saturated carbocycles. The maximum Gasteiger partial charge on any atom is 0.255 e. The number of nitrogens with zero attached hydrogens (tertiary/aromatic N) is 1. The van der Waals surface area contributed by atoms with Crippen molar-refractivity contribution >= 4 is 23.4 Å². The van der Waals surface area contributed by atoms with Gasteiger partial charge in [0.15, 0.2) is 0 Å². The van der Waals surface area contributed by atoms with Gasteiger partial charge in [-0.15, -0.1) is 0 Å². The van der Waals surface area contributed by atoms with Crippen LogP contribution in [0.15, 0.2) is 18.2 Å². The minimum Gasteiger partial charge on any atom is -0.398 e. The fraction of sp³-hybridized carbons (Fsp3) is 0.462. The van der Waals surface area contributed by atoms with Crippen LogP contribution in [0.25, 0.3) is 0 Å². The van der Waals surface area contributed by atoms with Crippen molar-refractivity contribution in [1.82, 2.24) is 4.90 Å². The summed E-state index contributed by atoms with van der Waals surface area (Å²) in [5, 5.41) is 0. The molecule has 0 radical (unpaired) electrons. The third-order valence-electron chi connectivity index (χ3n) is 2.83. The van der Waals surface area contributed by atoms with Crippen molar-refractivity contribution in [3.8, 4) is 0 Å². The molecule has 0 aromatic heterocycles. The average Bonchev–Trinajstić information content (AvgIpc) is 2.27. The fourth-order valence-electron chi connectivity index (χ4n) is 1.62. The number of hydrogen-bond donors (Lipinski definition) is 1. The number of aryl methyl sites for hydroxylation is 1. The van der Waals surface area contributed by atoms with E-state index in [9.17, 15) is 4.79 Å². The summed E-state index contributed by atoms with van der Waals surface area (Å²) < 4.78 is 0. The van der Waals surface area contributed by atoms with Crippen molar-refractivity contribution in [2.75, 3.05) is 24.8 Å². The van der Waals surface area contributed by atoms with Gasteiger partial charge in [-0.1, -0.05) is 6.07 Å². The number of anilines is 1. The summed E-state index contributed by atoms with van der Waals surface area (Å²) in [6.07, 6.45) is 2.04. The molecule has 94 valence electrons. The summed E-state index contributed by atoms with van der Waals surface area (Å²) in [5.74, 6) is 0.914. The molecule has 4 heteroatoms. The van der Waals surface area contributed by atoms with Crippen molar-refractivity contribution < 1.29 is 4.79 Å². The number of nitrogens with two attached hydrogens (primary N) is 1. The maximum atomic E-state index is 12.2. The maximum absolute atomic E-state index is 12.2. The summed E-state index contributed by atoms with van der Waals surface area (Å²) in [7, 11) is 1.82. The van der Waals surface area contributed by atoms with Gasteiger partial charge in [0.2, 0.25) is 0 Å². The highest BCUT2D eigenvalue weighted by molar-refractivity contribution is 7.98. The highest BCUT2D eigenvalue weighted by Crippen LogP contribution is 2.17. The van der Waals surface area contributed by atoms with Gasteiger partial charge in [0.05, 0.1) is 5.56 Å². The van der Waals surface area contributed by atoms with Crippen LogP contribution in [0.5, 0.6) is 0 Å². The van der Waals surface area contributed by atoms with Gasteiger partial charge in [-0.25, -0.2) is 0 Å². The molecule has 0 saturated heterocycles. The molecule has 1 rings (SSSR count). The second-order valence-corrected chi connectivity index (χ2v) is 5.22. The molecule has 17 heavy (non-hydrogen) atoms. The van der Waals surface area contributed by atoms with E-state index < -0.39 is 0 Å². The summed E-state index contributed by atoms with van der Waals surface area (Å²) >= 11 is 1.73. The van der Waals surface area contributed by atoms with E-state index in [4.69, 9.17) is 5.73 Å². The van der Waals surface area contributed by atoms with Gasteiger partial charge in [-0.3, -0.25) is 4.79 Å². The van der Waals surface area contributed by atoms with E-state index in [1.54, 1.807) is 22.7 Å². The molecule has 3 nitrogen and oxygen atoms in total. The van der Waals surface area contributed by atoms with Crippen LogP contribution in [0.2, 0.25) is 0 Å². The molecule has 0 aliphatic heterocycles. The molecule has 2 N–H and O–H groups in total. The van der Waals surface area contributed by atoms with E-state index in [1.165, 1.54) is 0 Å². The number of nitrogen functional groups attached to an aromatic ring is 1. The predicted molar refractivity (Wildman–Crippen MR) is 75.5 cm³/mol. The SMILES string of the molecule is CSCC(C)N(C)C(=O)c1ccc(C)cc1N. The van der Waals surface area contributed by atoms with Crippen LogP contribution < -0.4 is 5.73 Å². The van der Waals surface area contributed by atoms with Gasteiger partial charge in [0.25, 0.3) is 5.91 Å². The first kappa shape index (κ1) is 13.9. The number of benzene rings is 1. The van der Waals surface area contributed by atoms with E-state index in [2.05, 4.69) is 0 Å². The number of rotatable bonds is 4. The first-order valence-corrected chi connectivity index (χ1v) is 6.99. The largest absolute Gasteiger partial charge is 0.398 e. The van der Waals surface area contributed by atoms with Gasteiger partial charge in [0, 0.05) is 24.5 Å². The molecule has 0 aliphatic carbocycles. The van der Waals surface area contributed by atoms with E-state index in [0.29, 0.717) is 11.3 Å². The average molecular weight is 252 g/mol. The molecular weight excluding hydrogens is 232 g/mol. The Bertz CT molecular complexity index is 406. The van der Waals surface area contributed by atoms with Crippen molar-refractivity contribution in [3.05, 3.63) is 29.3 Å². The van der Waals surface area contributed by atoms with Crippen LogP contribution in [-0.4, -0.2) is 35.9 Å². The summed E-state index contributed by atoms with van der Waals surface area (Å²) in [6.45, 7) is 4.00. The van der Waals surface area contributed by atoms with Crippen LogP contribution in [0.1, 0.15) is 22.8 Å². The molecule has 0 aliphatic rings. The second-order valence-electron chi connectivity index (χ2n) is 4.31. The fourth-order valence-corrected chi connectivity index (χ4v) is 2.33. The van der Waals surface area contributed by atoms with Gasteiger partial charge >= 0.3 is 0 Å². The standard InChI is InChI=1S/C13H20N2OS/c1-9-5-6-11(12(14)7-9)13(16)15(3)10(2)8-17-4/h5-7,10H,8,14H2,1-4H3. The van der Waals surface area contributed by atoms with E-state index >= 15 is 0 Å². The van der Waals surface area contributed by atoms with E-state index in [-0.39, 0.29) is 11.9 Å². The Labute approximate surface area is 107 Å². The van der Waals surface area contributed by atoms with Gasteiger partial charge in [-0.2, -0.15) is 11.8 Å². The molecule has 0 spiro atoms. The highest BCUT2D eigenvalue weighted by Gasteiger charge is 2.18. The minimum atomic E-state index is -0.0101. The third kappa shape index (κ3) is 3.40. The van der Waals surface area contributed by atoms with Crippen molar-refractivity contribution in [3.63, 3.8) is 0 Å². The highest BCUT2D eigenvalue weighted by atomic mass is 32.2. The Morgan fingerprint density at radius 1 is 1.53 bits per heavy atom. The Morgan fingerprint density at radius 2 is 2.18 bits per heavy atom. The monoisotopic (exact) mass is 252 g/mol. The lowest BCUT2D eigenvalue weighted by molar-refractivity contribution is 0.0758. The summed E-state index contributed by atoms with van der Waals surface area (Å²) in [4.78, 5) is 14.0. The molecule has 1 aromatic rings. The minimum absolute atomic E-state index is 0.0101. The Morgan fingerprint density at radius 3 is 2.71 bits per heavy atom. The van der Waals surface area contributed by atoms with Crippen molar-refractivity contribution in [2.24, 2.45) is 0 Å². The number of amides is 1. The third-order valence-corrected chi connectivity index (χ3v) is 3.64. The van der Waals surface area contributed by atoms with E-state index in [1.807, 2.05) is 39.3 Å². The predicted octanol–water partition coefficient (Wildman–Crippen LogP) is 2.40. The lowest BCUT2D eigenvalue weighted by Crippen LogP contribution is -2.36. The van der Waals surface area contributed by atoms with Gasteiger partial charge in [-0.05, 0) is 37.8 Å². The Kier molecular flexibility index (Phi) is 4.87. The first-order valence-electron chi connectivity index (χ1n) is 5.59. The Hall–Kier alpha value is -1.16. The van der Waals surface area contributed by atoms with Crippen molar-refractivity contribution in [2.45, 2.75) is 19.9 Å². The molecule has 1 amide bonds. The van der Waals surface area contributed by atoms with Crippen LogP contribution in [-0.2, 0) is 0 Å². The number of thioether (sulfide) groups is 1. The smallest absolute Gasteiger partial charge is 0.255 e. The quantitative estimate of drug-likeness (QED) is 0.837. The molecule has 1 atom stereocenters. The van der Waals surface area contributed by atoms with Crippen LogP contribution in [0.4, 0.5) is 5.69 Å². The summed E-state index contributed by atoms with van der Waals surface area (Å²) in [5.41, 5.74) is 8.09. The second kappa shape index (κ2) is 5.96. The van der Waals surface area contributed by atoms with E-state index in [0.717, 1.165) is 11.3 Å². The number of hydrogen-bond acceptors (Lipinski definition) is 3. The van der Waals surface area contributed by atoms with Crippen LogP contribution in [0.3, 0.4) is 0 Å². The zero-order chi connectivity index (χ0) is 13.0. The normalized spacial score (nSPS) is 12.2. The lowest BCUT2D eigenvalue weighted by atomic mass is 10.1. The Balaban J connectivity index is 2.88. The zero-order valence-corrected chi connectivity index (χ0v) is 11.7. The van der Waals surface area contributed by atoms with Crippen molar-refractivity contribution in [1.29, 1.82) is 0 Å². The molecule has 0 bridgehead atoms. The molecule has 0 fully saturated rings. The number of carbonyl (C=O) groups is 1. The van der Waals surface area contributed by atoms with Gasteiger partial charge < -0.3 is 10.6 Å². The first-order chi connectivity index (χ1) is 7.97. The number of carbonyl (C=O) groups excluding carboxylic acids is 1.